The zero-order valence-electron chi connectivity index (χ0n) is 8.34. The Hall–Kier alpha value is -1.28. The lowest BCUT2D eigenvalue weighted by Crippen LogP contribution is -3.08. The predicted molar refractivity (Wildman–Crippen MR) is 55.4 cm³/mol. The van der Waals surface area contributed by atoms with E-state index in [0.717, 1.165) is 18.5 Å². The molecular weight excluding hydrogens is 174 g/mol. The standard InChI is InChI=1S/C12H13NO/c1-13-7-6-12-10(8-13)9-4-2-3-5-11(9)14-12/h2-5H,6-8H2,1H3/p+1. The Balaban J connectivity index is 2.25. The van der Waals surface area contributed by atoms with Crippen LogP contribution in [0.15, 0.2) is 28.7 Å². The van der Waals surface area contributed by atoms with Gasteiger partial charge in [0.05, 0.1) is 25.6 Å². The molecule has 0 bridgehead atoms. The molecule has 0 radical (unpaired) electrons. The summed E-state index contributed by atoms with van der Waals surface area (Å²) < 4.78 is 5.83. The van der Waals surface area contributed by atoms with Crippen LogP contribution in [0, 0.1) is 0 Å². The fourth-order valence-corrected chi connectivity index (χ4v) is 2.26. The van der Waals surface area contributed by atoms with Crippen molar-refractivity contribution < 1.29 is 9.32 Å². The molecule has 0 saturated carbocycles. The smallest absolute Gasteiger partial charge is 0.134 e. The van der Waals surface area contributed by atoms with Gasteiger partial charge in [-0.3, -0.25) is 0 Å². The van der Waals surface area contributed by atoms with E-state index < -0.39 is 0 Å². The molecule has 0 saturated heterocycles. The van der Waals surface area contributed by atoms with Gasteiger partial charge in [-0.15, -0.1) is 0 Å². The van der Waals surface area contributed by atoms with Crippen LogP contribution in [-0.4, -0.2) is 13.6 Å². The highest BCUT2D eigenvalue weighted by Gasteiger charge is 2.22. The van der Waals surface area contributed by atoms with Gasteiger partial charge in [0, 0.05) is 5.39 Å². The number of likely N-dealkylation sites (N-methyl/N-ethyl adjacent to an activating group) is 1. The zero-order valence-corrected chi connectivity index (χ0v) is 8.34. The summed E-state index contributed by atoms with van der Waals surface area (Å²) in [4.78, 5) is 1.57. The Kier molecular flexibility index (Phi) is 1.64. The molecule has 1 atom stereocenters. The summed E-state index contributed by atoms with van der Waals surface area (Å²) >= 11 is 0. The first-order valence-electron chi connectivity index (χ1n) is 5.15. The molecule has 2 heterocycles. The summed E-state index contributed by atoms with van der Waals surface area (Å²) in [6.45, 7) is 2.29. The fraction of sp³-hybridized carbons (Fsp3) is 0.333. The van der Waals surface area contributed by atoms with Crippen molar-refractivity contribution in [3.63, 3.8) is 0 Å². The monoisotopic (exact) mass is 188 g/mol. The number of furan rings is 1. The Morgan fingerprint density at radius 2 is 2.14 bits per heavy atom. The van der Waals surface area contributed by atoms with Gasteiger partial charge < -0.3 is 9.32 Å². The summed E-state index contributed by atoms with van der Waals surface area (Å²) in [5, 5.41) is 1.31. The molecule has 0 spiro atoms. The van der Waals surface area contributed by atoms with E-state index >= 15 is 0 Å². The molecule has 0 amide bonds. The molecule has 1 aromatic heterocycles. The Labute approximate surface area is 83.1 Å². The second kappa shape index (κ2) is 2.85. The number of benzene rings is 1. The summed E-state index contributed by atoms with van der Waals surface area (Å²) in [6.07, 6.45) is 1.08. The minimum Gasteiger partial charge on any atom is -0.460 e. The highest BCUT2D eigenvalue weighted by atomic mass is 16.3. The second-order valence-corrected chi connectivity index (χ2v) is 4.13. The number of quaternary nitrogens is 1. The van der Waals surface area contributed by atoms with Crippen molar-refractivity contribution in [3.05, 3.63) is 35.6 Å². The highest BCUT2D eigenvalue weighted by Crippen LogP contribution is 2.26. The van der Waals surface area contributed by atoms with Gasteiger partial charge in [-0.05, 0) is 6.07 Å². The molecule has 0 fully saturated rings. The SMILES string of the molecule is C[NH+]1CCc2oc3ccccc3c2C1. The van der Waals surface area contributed by atoms with E-state index in [1.54, 1.807) is 4.90 Å². The van der Waals surface area contributed by atoms with E-state index in [9.17, 15) is 0 Å². The van der Waals surface area contributed by atoms with Gasteiger partial charge in [-0.25, -0.2) is 0 Å². The minimum absolute atomic E-state index is 1.05. The predicted octanol–water partition coefficient (Wildman–Crippen LogP) is 1.00. The van der Waals surface area contributed by atoms with Crippen LogP contribution in [-0.2, 0) is 13.0 Å². The lowest BCUT2D eigenvalue weighted by Gasteiger charge is -2.18. The quantitative estimate of drug-likeness (QED) is 0.653. The van der Waals surface area contributed by atoms with Crippen LogP contribution >= 0.6 is 0 Å². The third-order valence-corrected chi connectivity index (χ3v) is 3.04. The molecular formula is C12H14NO+. The molecule has 3 rings (SSSR count). The van der Waals surface area contributed by atoms with Crippen molar-refractivity contribution in [2.75, 3.05) is 13.6 Å². The summed E-state index contributed by atoms with van der Waals surface area (Å²) in [5.41, 5.74) is 2.47. The number of rotatable bonds is 0. The third kappa shape index (κ3) is 1.07. The second-order valence-electron chi connectivity index (χ2n) is 4.13. The first kappa shape index (κ1) is 8.06. The van der Waals surface area contributed by atoms with E-state index in [-0.39, 0.29) is 0 Å². The van der Waals surface area contributed by atoms with Crippen LogP contribution in [0.25, 0.3) is 11.0 Å². The number of fused-ring (bicyclic) bond motifs is 3. The highest BCUT2D eigenvalue weighted by molar-refractivity contribution is 5.82. The summed E-state index contributed by atoms with van der Waals surface area (Å²) in [5.74, 6) is 1.21. The summed E-state index contributed by atoms with van der Waals surface area (Å²) in [6, 6.07) is 8.34. The molecule has 2 nitrogen and oxygen atoms in total. The van der Waals surface area contributed by atoms with Gasteiger partial charge in [0.2, 0.25) is 0 Å². The molecule has 1 aromatic carbocycles. The van der Waals surface area contributed by atoms with Crippen LogP contribution < -0.4 is 4.90 Å². The minimum atomic E-state index is 1.05. The van der Waals surface area contributed by atoms with Gasteiger partial charge in [0.1, 0.15) is 17.9 Å². The Morgan fingerprint density at radius 1 is 1.29 bits per heavy atom. The molecule has 0 aliphatic carbocycles. The van der Waals surface area contributed by atoms with E-state index in [0.29, 0.717) is 0 Å². The number of hydrogen-bond donors (Lipinski definition) is 1. The number of nitrogens with one attached hydrogen (secondary N) is 1. The van der Waals surface area contributed by atoms with E-state index in [1.807, 2.05) is 6.07 Å². The molecule has 1 unspecified atom stereocenters. The molecule has 1 aliphatic heterocycles. The average molecular weight is 188 g/mol. The molecule has 2 heteroatoms. The van der Waals surface area contributed by atoms with Crippen LogP contribution in [0.1, 0.15) is 11.3 Å². The molecule has 72 valence electrons. The van der Waals surface area contributed by atoms with Crippen molar-refractivity contribution in [3.8, 4) is 0 Å². The van der Waals surface area contributed by atoms with Crippen LogP contribution in [0.3, 0.4) is 0 Å². The Bertz CT molecular complexity index is 472. The molecule has 1 aliphatic rings. The van der Waals surface area contributed by atoms with E-state index in [2.05, 4.69) is 25.2 Å². The largest absolute Gasteiger partial charge is 0.460 e. The topological polar surface area (TPSA) is 17.6 Å². The lowest BCUT2D eigenvalue weighted by molar-refractivity contribution is -0.895. The number of hydrogen-bond acceptors (Lipinski definition) is 1. The average Bonchev–Trinajstić information content (AvgIpc) is 2.56. The maximum Gasteiger partial charge on any atom is 0.134 e. The lowest BCUT2D eigenvalue weighted by atomic mass is 10.1. The first-order valence-corrected chi connectivity index (χ1v) is 5.15. The van der Waals surface area contributed by atoms with Gasteiger partial charge >= 0.3 is 0 Å². The fourth-order valence-electron chi connectivity index (χ4n) is 2.26. The third-order valence-electron chi connectivity index (χ3n) is 3.04. The van der Waals surface area contributed by atoms with Crippen molar-refractivity contribution in [1.29, 1.82) is 0 Å². The van der Waals surface area contributed by atoms with Crippen LogP contribution in [0.4, 0.5) is 0 Å². The maximum atomic E-state index is 5.83. The summed E-state index contributed by atoms with van der Waals surface area (Å²) in [7, 11) is 2.24. The van der Waals surface area contributed by atoms with Crippen molar-refractivity contribution in [2.24, 2.45) is 0 Å². The van der Waals surface area contributed by atoms with Crippen molar-refractivity contribution in [2.45, 2.75) is 13.0 Å². The van der Waals surface area contributed by atoms with Gasteiger partial charge in [-0.1, -0.05) is 18.2 Å². The zero-order chi connectivity index (χ0) is 9.54. The van der Waals surface area contributed by atoms with Gasteiger partial charge in [0.25, 0.3) is 0 Å². The van der Waals surface area contributed by atoms with Crippen molar-refractivity contribution >= 4 is 11.0 Å². The number of para-hydroxylation sites is 1. The first-order chi connectivity index (χ1) is 6.84. The van der Waals surface area contributed by atoms with Crippen molar-refractivity contribution in [1.82, 2.24) is 0 Å². The van der Waals surface area contributed by atoms with E-state index in [1.165, 1.54) is 23.3 Å². The maximum absolute atomic E-state index is 5.83. The van der Waals surface area contributed by atoms with Gasteiger partial charge in [0.15, 0.2) is 0 Å². The molecule has 1 N–H and O–H groups in total. The molecule has 2 aromatic rings. The van der Waals surface area contributed by atoms with Crippen LogP contribution in [0.2, 0.25) is 0 Å². The Morgan fingerprint density at radius 3 is 3.07 bits per heavy atom. The normalized spacial score (nSPS) is 21.1. The van der Waals surface area contributed by atoms with E-state index in [4.69, 9.17) is 4.42 Å². The molecule has 14 heavy (non-hydrogen) atoms. The van der Waals surface area contributed by atoms with Crippen LogP contribution in [0.5, 0.6) is 0 Å². The van der Waals surface area contributed by atoms with Gasteiger partial charge in [-0.2, -0.15) is 0 Å².